The van der Waals surface area contributed by atoms with Gasteiger partial charge in [-0.15, -0.1) is 0 Å². The van der Waals surface area contributed by atoms with Gasteiger partial charge in [0.15, 0.2) is 0 Å². The highest BCUT2D eigenvalue weighted by molar-refractivity contribution is 6.39. The van der Waals surface area contributed by atoms with Crippen molar-refractivity contribution in [3.8, 4) is 0 Å². The zero-order valence-electron chi connectivity index (χ0n) is 11.2. The molecular weight excluding hydrogens is 250 g/mol. The van der Waals surface area contributed by atoms with E-state index in [1.165, 1.54) is 7.05 Å². The molecule has 1 aliphatic heterocycles. The van der Waals surface area contributed by atoms with E-state index in [9.17, 15) is 14.4 Å². The van der Waals surface area contributed by atoms with Crippen LogP contribution < -0.4 is 5.32 Å². The lowest BCUT2D eigenvalue weighted by Gasteiger charge is -2.20. The van der Waals surface area contributed by atoms with Gasteiger partial charge in [0.1, 0.15) is 11.8 Å². The van der Waals surface area contributed by atoms with E-state index in [0.29, 0.717) is 6.42 Å². The van der Waals surface area contributed by atoms with Crippen LogP contribution in [-0.2, 0) is 14.4 Å². The van der Waals surface area contributed by atoms with Crippen LogP contribution in [0.25, 0.3) is 0 Å². The van der Waals surface area contributed by atoms with Gasteiger partial charge < -0.3 is 10.4 Å². The van der Waals surface area contributed by atoms with E-state index in [-0.39, 0.29) is 24.5 Å². The number of rotatable bonds is 6. The third-order valence-corrected chi connectivity index (χ3v) is 2.92. The van der Waals surface area contributed by atoms with E-state index in [4.69, 9.17) is 5.11 Å². The first-order valence-electron chi connectivity index (χ1n) is 6.33. The van der Waals surface area contributed by atoms with E-state index in [2.05, 4.69) is 10.4 Å². The lowest BCUT2D eigenvalue weighted by Crippen LogP contribution is -2.45. The molecule has 19 heavy (non-hydrogen) atoms. The molecule has 0 spiro atoms. The summed E-state index contributed by atoms with van der Waals surface area (Å²) >= 11 is 0. The molecular formula is C12H19N3O4. The van der Waals surface area contributed by atoms with Gasteiger partial charge in [0.25, 0.3) is 5.91 Å². The first-order chi connectivity index (χ1) is 8.95. The Labute approximate surface area is 111 Å². The summed E-state index contributed by atoms with van der Waals surface area (Å²) in [5.74, 6) is -1.72. The average Bonchev–Trinajstić information content (AvgIpc) is 2.37. The summed E-state index contributed by atoms with van der Waals surface area (Å²) in [6, 6.07) is -0.905. The molecule has 0 aromatic rings. The molecule has 0 aliphatic carbocycles. The van der Waals surface area contributed by atoms with Crippen LogP contribution in [0.15, 0.2) is 5.10 Å². The number of carbonyl (C=O) groups excluding carboxylic acids is 2. The van der Waals surface area contributed by atoms with E-state index >= 15 is 0 Å². The van der Waals surface area contributed by atoms with Crippen molar-refractivity contribution in [3.63, 3.8) is 0 Å². The maximum Gasteiger partial charge on any atom is 0.326 e. The topological polar surface area (TPSA) is 99.1 Å². The van der Waals surface area contributed by atoms with Crippen molar-refractivity contribution in [1.29, 1.82) is 0 Å². The molecule has 7 heteroatoms. The van der Waals surface area contributed by atoms with Crippen LogP contribution in [0.4, 0.5) is 0 Å². The Morgan fingerprint density at radius 1 is 1.47 bits per heavy atom. The van der Waals surface area contributed by atoms with Crippen molar-refractivity contribution < 1.29 is 19.5 Å². The van der Waals surface area contributed by atoms with Gasteiger partial charge in [-0.1, -0.05) is 19.8 Å². The largest absolute Gasteiger partial charge is 0.480 e. The first kappa shape index (κ1) is 15.1. The number of hydrogen-bond acceptors (Lipinski definition) is 4. The van der Waals surface area contributed by atoms with Gasteiger partial charge in [0.05, 0.1) is 0 Å². The highest BCUT2D eigenvalue weighted by atomic mass is 16.4. The zero-order chi connectivity index (χ0) is 14.4. The van der Waals surface area contributed by atoms with E-state index < -0.39 is 17.9 Å². The van der Waals surface area contributed by atoms with Crippen molar-refractivity contribution in [2.45, 2.75) is 45.1 Å². The van der Waals surface area contributed by atoms with Crippen LogP contribution in [0.3, 0.4) is 0 Å². The van der Waals surface area contributed by atoms with Gasteiger partial charge in [-0.25, -0.2) is 9.80 Å². The Morgan fingerprint density at radius 3 is 2.68 bits per heavy atom. The number of aliphatic carboxylic acids is 1. The second-order valence-corrected chi connectivity index (χ2v) is 4.47. The number of unbranched alkanes of at least 4 members (excludes halogenated alkanes) is 1. The Balaban J connectivity index is 2.64. The minimum atomic E-state index is -1.05. The summed E-state index contributed by atoms with van der Waals surface area (Å²) in [7, 11) is 1.47. The third-order valence-electron chi connectivity index (χ3n) is 2.92. The van der Waals surface area contributed by atoms with Crippen molar-refractivity contribution >= 4 is 23.5 Å². The molecule has 2 amide bonds. The molecule has 1 rings (SSSR count). The van der Waals surface area contributed by atoms with E-state index in [0.717, 1.165) is 17.9 Å². The number of hydrogen-bond donors (Lipinski definition) is 2. The molecule has 2 N–H and O–H groups in total. The van der Waals surface area contributed by atoms with Crippen LogP contribution in [0.1, 0.15) is 39.0 Å². The average molecular weight is 269 g/mol. The van der Waals surface area contributed by atoms with Gasteiger partial charge in [0.2, 0.25) is 5.91 Å². The van der Waals surface area contributed by atoms with Crippen LogP contribution in [0.5, 0.6) is 0 Å². The second kappa shape index (κ2) is 6.86. The number of hydrazone groups is 1. The Morgan fingerprint density at radius 2 is 2.16 bits per heavy atom. The summed E-state index contributed by atoms with van der Waals surface area (Å²) in [5.41, 5.74) is 0.199. The lowest BCUT2D eigenvalue weighted by molar-refractivity contribution is -0.141. The van der Waals surface area contributed by atoms with Gasteiger partial charge >= 0.3 is 5.97 Å². The highest BCUT2D eigenvalue weighted by Crippen LogP contribution is 2.08. The number of amides is 2. The van der Waals surface area contributed by atoms with Crippen LogP contribution in [-0.4, -0.2) is 46.7 Å². The molecule has 0 fully saturated rings. The smallest absolute Gasteiger partial charge is 0.326 e. The molecule has 0 bridgehead atoms. The standard InChI is InChI=1S/C12H19N3O4/c1-3-4-5-9(12(18)19)13-11(17)8-6-7-10(16)15(2)14-8/h9H,3-7H2,1-2H3,(H,13,17)(H,18,19)/t9-/m0/s1. The predicted molar refractivity (Wildman–Crippen MR) is 68.5 cm³/mol. The van der Waals surface area contributed by atoms with Gasteiger partial charge in [0, 0.05) is 19.9 Å². The fraction of sp³-hybridized carbons (Fsp3) is 0.667. The third kappa shape index (κ3) is 4.35. The van der Waals surface area contributed by atoms with Crippen molar-refractivity contribution in [2.75, 3.05) is 7.05 Å². The molecule has 0 saturated heterocycles. The molecule has 1 heterocycles. The number of carboxylic acid groups (broad SMARTS) is 1. The van der Waals surface area contributed by atoms with Crippen LogP contribution in [0.2, 0.25) is 0 Å². The SMILES string of the molecule is CCCC[C@H](NC(=O)C1=NN(C)C(=O)CC1)C(=O)O. The van der Waals surface area contributed by atoms with E-state index in [1.807, 2.05) is 6.92 Å². The lowest BCUT2D eigenvalue weighted by atomic mass is 10.1. The molecule has 7 nitrogen and oxygen atoms in total. The predicted octanol–water partition coefficient (Wildman–Crippen LogP) is 0.354. The van der Waals surface area contributed by atoms with Gasteiger partial charge in [-0.05, 0) is 6.42 Å². The molecule has 1 aliphatic rings. The summed E-state index contributed by atoms with van der Waals surface area (Å²) in [4.78, 5) is 34.1. The Hall–Kier alpha value is -1.92. The number of carboxylic acids is 1. The minimum absolute atomic E-state index is 0.155. The van der Waals surface area contributed by atoms with Gasteiger partial charge in [-0.3, -0.25) is 9.59 Å². The molecule has 0 aromatic carbocycles. The summed E-state index contributed by atoms with van der Waals surface area (Å²) in [6.45, 7) is 1.95. The van der Waals surface area contributed by atoms with Crippen LogP contribution in [0, 0.1) is 0 Å². The fourth-order valence-corrected chi connectivity index (χ4v) is 1.74. The molecule has 0 saturated carbocycles. The monoisotopic (exact) mass is 269 g/mol. The Bertz CT molecular complexity index is 406. The van der Waals surface area contributed by atoms with Crippen molar-refractivity contribution in [2.24, 2.45) is 5.10 Å². The molecule has 0 unspecified atom stereocenters. The van der Waals surface area contributed by atoms with Crippen LogP contribution >= 0.6 is 0 Å². The summed E-state index contributed by atoms with van der Waals surface area (Å²) in [5, 5.41) is 16.4. The molecule has 1 atom stereocenters. The van der Waals surface area contributed by atoms with E-state index in [1.54, 1.807) is 0 Å². The fourth-order valence-electron chi connectivity index (χ4n) is 1.74. The summed E-state index contributed by atoms with van der Waals surface area (Å²) in [6.07, 6.45) is 2.43. The van der Waals surface area contributed by atoms with Crippen molar-refractivity contribution in [1.82, 2.24) is 10.3 Å². The minimum Gasteiger partial charge on any atom is -0.480 e. The molecule has 0 aromatic heterocycles. The maximum absolute atomic E-state index is 11.9. The normalized spacial score (nSPS) is 16.8. The number of nitrogens with zero attached hydrogens (tertiary/aromatic N) is 2. The summed E-state index contributed by atoms with van der Waals surface area (Å²) < 4.78 is 0. The quantitative estimate of drug-likeness (QED) is 0.727. The molecule has 0 radical (unpaired) electrons. The zero-order valence-corrected chi connectivity index (χ0v) is 11.2. The first-order valence-corrected chi connectivity index (χ1v) is 6.33. The second-order valence-electron chi connectivity index (χ2n) is 4.47. The molecule has 106 valence electrons. The number of carbonyl (C=O) groups is 3. The maximum atomic E-state index is 11.9. The highest BCUT2D eigenvalue weighted by Gasteiger charge is 2.25. The number of nitrogens with one attached hydrogen (secondary N) is 1. The Kier molecular flexibility index (Phi) is 5.47. The van der Waals surface area contributed by atoms with Gasteiger partial charge in [-0.2, -0.15) is 5.10 Å². The van der Waals surface area contributed by atoms with Crippen molar-refractivity contribution in [3.05, 3.63) is 0 Å².